The molecule has 1 aromatic heterocycles. The first-order chi connectivity index (χ1) is 11.1. The third-order valence-electron chi connectivity index (χ3n) is 3.27. The van der Waals surface area contributed by atoms with Gasteiger partial charge in [-0.2, -0.15) is 4.68 Å². The van der Waals surface area contributed by atoms with Crippen LogP contribution in [-0.2, 0) is 0 Å². The average molecular weight is 306 g/mol. The van der Waals surface area contributed by atoms with E-state index in [2.05, 4.69) is 5.10 Å². The maximum atomic E-state index is 12.1. The van der Waals surface area contributed by atoms with Gasteiger partial charge < -0.3 is 4.42 Å². The second kappa shape index (κ2) is 6.27. The van der Waals surface area contributed by atoms with Crippen LogP contribution in [0.4, 0.5) is 0 Å². The van der Waals surface area contributed by atoms with Crippen molar-refractivity contribution >= 4 is 11.9 Å². The second-order valence-electron chi connectivity index (χ2n) is 4.95. The van der Waals surface area contributed by atoms with Crippen LogP contribution in [0.5, 0.6) is 0 Å². The van der Waals surface area contributed by atoms with Crippen molar-refractivity contribution in [3.8, 4) is 5.69 Å². The SMILES string of the molecule is Cc1nn(-c2ccc(C(=O)/C=C/c3ccccc3)cc2)c(=O)o1. The van der Waals surface area contributed by atoms with E-state index in [1.807, 2.05) is 30.3 Å². The lowest BCUT2D eigenvalue weighted by Crippen LogP contribution is -2.13. The van der Waals surface area contributed by atoms with Crippen molar-refractivity contribution in [1.82, 2.24) is 9.78 Å². The molecule has 0 aliphatic carbocycles. The van der Waals surface area contributed by atoms with Crippen molar-refractivity contribution in [2.45, 2.75) is 6.92 Å². The third-order valence-corrected chi connectivity index (χ3v) is 3.27. The van der Waals surface area contributed by atoms with Crippen LogP contribution < -0.4 is 5.76 Å². The first-order valence-corrected chi connectivity index (χ1v) is 7.08. The monoisotopic (exact) mass is 306 g/mol. The molecule has 0 N–H and O–H groups in total. The highest BCUT2D eigenvalue weighted by molar-refractivity contribution is 6.06. The summed E-state index contributed by atoms with van der Waals surface area (Å²) in [7, 11) is 0. The van der Waals surface area contributed by atoms with Crippen LogP contribution in [0.1, 0.15) is 21.8 Å². The summed E-state index contributed by atoms with van der Waals surface area (Å²) in [5.74, 6) is -0.365. The summed E-state index contributed by atoms with van der Waals surface area (Å²) in [4.78, 5) is 23.7. The number of carbonyl (C=O) groups is 1. The molecular formula is C18H14N2O3. The molecule has 0 saturated heterocycles. The van der Waals surface area contributed by atoms with E-state index in [1.54, 1.807) is 37.3 Å². The molecule has 23 heavy (non-hydrogen) atoms. The standard InChI is InChI=1S/C18H14N2O3/c1-13-19-20(18(22)23-13)16-10-8-15(9-11-16)17(21)12-7-14-5-3-2-4-6-14/h2-12H,1H3/b12-7+. The minimum Gasteiger partial charge on any atom is -0.392 e. The van der Waals surface area contributed by atoms with Gasteiger partial charge in [0.15, 0.2) is 5.78 Å². The number of hydrogen-bond donors (Lipinski definition) is 0. The van der Waals surface area contributed by atoms with E-state index in [-0.39, 0.29) is 5.78 Å². The zero-order valence-electron chi connectivity index (χ0n) is 12.5. The number of nitrogens with zero attached hydrogens (tertiary/aromatic N) is 2. The van der Waals surface area contributed by atoms with Crippen molar-refractivity contribution in [3.05, 3.63) is 88.2 Å². The molecule has 3 aromatic rings. The summed E-state index contributed by atoms with van der Waals surface area (Å²) in [5, 5.41) is 3.97. The molecule has 1 heterocycles. The predicted molar refractivity (Wildman–Crippen MR) is 86.6 cm³/mol. The van der Waals surface area contributed by atoms with E-state index in [4.69, 9.17) is 4.42 Å². The number of carbonyl (C=O) groups excluding carboxylic acids is 1. The molecular weight excluding hydrogens is 292 g/mol. The zero-order valence-corrected chi connectivity index (χ0v) is 12.5. The van der Waals surface area contributed by atoms with Crippen molar-refractivity contribution in [2.75, 3.05) is 0 Å². The molecule has 114 valence electrons. The number of benzene rings is 2. The van der Waals surface area contributed by atoms with Crippen LogP contribution in [0.3, 0.4) is 0 Å². The van der Waals surface area contributed by atoms with Gasteiger partial charge in [0.1, 0.15) is 0 Å². The number of allylic oxidation sites excluding steroid dienone is 1. The molecule has 0 aliphatic rings. The molecule has 5 nitrogen and oxygen atoms in total. The Morgan fingerprint density at radius 3 is 2.39 bits per heavy atom. The Balaban J connectivity index is 1.79. The summed E-state index contributed by atoms with van der Waals surface area (Å²) in [6, 6.07) is 16.2. The summed E-state index contributed by atoms with van der Waals surface area (Å²) >= 11 is 0. The highest BCUT2D eigenvalue weighted by Crippen LogP contribution is 2.10. The van der Waals surface area contributed by atoms with Gasteiger partial charge in [0.05, 0.1) is 5.69 Å². The van der Waals surface area contributed by atoms with Crippen molar-refractivity contribution in [1.29, 1.82) is 0 Å². The van der Waals surface area contributed by atoms with Gasteiger partial charge in [-0.3, -0.25) is 4.79 Å². The van der Waals surface area contributed by atoms with Gasteiger partial charge >= 0.3 is 5.76 Å². The number of aryl methyl sites for hydroxylation is 1. The lowest BCUT2D eigenvalue weighted by atomic mass is 10.1. The van der Waals surface area contributed by atoms with E-state index in [1.165, 1.54) is 6.08 Å². The van der Waals surface area contributed by atoms with Crippen LogP contribution >= 0.6 is 0 Å². The van der Waals surface area contributed by atoms with E-state index in [9.17, 15) is 9.59 Å². The molecule has 0 atom stereocenters. The normalized spacial score (nSPS) is 11.0. The molecule has 2 aromatic carbocycles. The molecule has 0 saturated carbocycles. The van der Waals surface area contributed by atoms with Crippen LogP contribution in [0.25, 0.3) is 11.8 Å². The Hall–Kier alpha value is -3.21. The van der Waals surface area contributed by atoms with Gasteiger partial charge in [0, 0.05) is 12.5 Å². The van der Waals surface area contributed by atoms with Crippen LogP contribution in [-0.4, -0.2) is 15.6 Å². The van der Waals surface area contributed by atoms with Gasteiger partial charge in [0.25, 0.3) is 0 Å². The van der Waals surface area contributed by atoms with E-state index >= 15 is 0 Å². The van der Waals surface area contributed by atoms with Gasteiger partial charge in [-0.15, -0.1) is 5.10 Å². The largest absolute Gasteiger partial charge is 0.441 e. The van der Waals surface area contributed by atoms with E-state index < -0.39 is 5.76 Å². The lowest BCUT2D eigenvalue weighted by molar-refractivity contribution is 0.104. The lowest BCUT2D eigenvalue weighted by Gasteiger charge is -2.00. The van der Waals surface area contributed by atoms with E-state index in [0.717, 1.165) is 10.2 Å². The summed E-state index contributed by atoms with van der Waals surface area (Å²) < 4.78 is 6.01. The molecule has 0 spiro atoms. The first-order valence-electron chi connectivity index (χ1n) is 7.08. The zero-order chi connectivity index (χ0) is 16.2. The highest BCUT2D eigenvalue weighted by Gasteiger charge is 2.08. The fourth-order valence-corrected chi connectivity index (χ4v) is 2.13. The average Bonchev–Trinajstić information content (AvgIpc) is 2.92. The van der Waals surface area contributed by atoms with Gasteiger partial charge in [-0.05, 0) is 35.9 Å². The first kappa shape index (κ1) is 14.7. The molecule has 0 amide bonds. The Labute approximate surface area is 132 Å². The third kappa shape index (κ3) is 3.35. The van der Waals surface area contributed by atoms with Crippen LogP contribution in [0, 0.1) is 6.92 Å². The Kier molecular flexibility index (Phi) is 4.01. The smallest absolute Gasteiger partial charge is 0.392 e. The second-order valence-corrected chi connectivity index (χ2v) is 4.95. The molecule has 0 radical (unpaired) electrons. The number of hydrogen-bond acceptors (Lipinski definition) is 4. The number of rotatable bonds is 4. The Morgan fingerprint density at radius 1 is 1.09 bits per heavy atom. The van der Waals surface area contributed by atoms with Crippen LogP contribution in [0.2, 0.25) is 0 Å². The van der Waals surface area contributed by atoms with E-state index in [0.29, 0.717) is 17.1 Å². The molecule has 5 heteroatoms. The van der Waals surface area contributed by atoms with Gasteiger partial charge in [0.2, 0.25) is 5.89 Å². The minimum absolute atomic E-state index is 0.107. The number of ketones is 1. The van der Waals surface area contributed by atoms with Crippen LogP contribution in [0.15, 0.2) is 69.9 Å². The Bertz CT molecular complexity index is 903. The van der Waals surface area contributed by atoms with Crippen molar-refractivity contribution in [2.24, 2.45) is 0 Å². The maximum Gasteiger partial charge on any atom is 0.441 e. The maximum absolute atomic E-state index is 12.1. The topological polar surface area (TPSA) is 65.1 Å². The summed E-state index contributed by atoms with van der Waals surface area (Å²) in [6.45, 7) is 1.60. The molecule has 0 unspecified atom stereocenters. The predicted octanol–water partition coefficient (Wildman–Crippen LogP) is 3.03. The summed E-state index contributed by atoms with van der Waals surface area (Å²) in [6.07, 6.45) is 3.29. The number of aromatic nitrogens is 2. The fourth-order valence-electron chi connectivity index (χ4n) is 2.13. The quantitative estimate of drug-likeness (QED) is 0.549. The van der Waals surface area contributed by atoms with Gasteiger partial charge in [-0.1, -0.05) is 36.4 Å². The molecule has 3 rings (SSSR count). The molecule has 0 bridgehead atoms. The molecule has 0 fully saturated rings. The van der Waals surface area contributed by atoms with Crippen molar-refractivity contribution in [3.63, 3.8) is 0 Å². The highest BCUT2D eigenvalue weighted by atomic mass is 16.4. The van der Waals surface area contributed by atoms with Crippen molar-refractivity contribution < 1.29 is 9.21 Å². The van der Waals surface area contributed by atoms with Gasteiger partial charge in [-0.25, -0.2) is 4.79 Å². The molecule has 0 aliphatic heterocycles. The summed E-state index contributed by atoms with van der Waals surface area (Å²) in [5.41, 5.74) is 2.05. The fraction of sp³-hybridized carbons (Fsp3) is 0.0556. The minimum atomic E-state index is -0.550. The Morgan fingerprint density at radius 2 is 1.78 bits per heavy atom.